The molecule has 0 spiro atoms. The molecule has 2 aromatic rings. The predicted molar refractivity (Wildman–Crippen MR) is 63.4 cm³/mol. The Labute approximate surface area is 99.8 Å². The van der Waals surface area contributed by atoms with Gasteiger partial charge in [-0.25, -0.2) is 0 Å². The summed E-state index contributed by atoms with van der Waals surface area (Å²) in [6, 6.07) is 1.79. The number of nitrogens with zero attached hydrogens (tertiary/aromatic N) is 2. The van der Waals surface area contributed by atoms with E-state index in [1.165, 1.54) is 0 Å². The fourth-order valence-corrected chi connectivity index (χ4v) is 1.68. The predicted octanol–water partition coefficient (Wildman–Crippen LogP) is 1.93. The molecule has 15 heavy (non-hydrogen) atoms. The largest absolute Gasteiger partial charge is 0.494 e. The average Bonchev–Trinajstić information content (AvgIpc) is 2.60. The summed E-state index contributed by atoms with van der Waals surface area (Å²) < 4.78 is 11.1. The number of methoxy groups -OCH3 is 1. The van der Waals surface area contributed by atoms with E-state index in [4.69, 9.17) is 15.0 Å². The third-order valence-electron chi connectivity index (χ3n) is 1.91. The minimum absolute atomic E-state index is 0.379. The second-order valence-corrected chi connectivity index (χ2v) is 3.87. The molecular weight excluding hydrogens is 309 g/mol. The van der Waals surface area contributed by atoms with Crippen molar-refractivity contribution in [2.75, 3.05) is 12.8 Å². The van der Waals surface area contributed by atoms with Crippen molar-refractivity contribution >= 4 is 28.4 Å². The smallest absolute Gasteiger partial charge is 0.186 e. The lowest BCUT2D eigenvalue weighted by Gasteiger charge is -2.03. The quantitative estimate of drug-likeness (QED) is 0.857. The number of aromatic nitrogens is 2. The van der Waals surface area contributed by atoms with Gasteiger partial charge in [-0.15, -0.1) is 0 Å². The normalized spacial score (nSPS) is 10.3. The lowest BCUT2D eigenvalue weighted by Crippen LogP contribution is -1.90. The van der Waals surface area contributed by atoms with Gasteiger partial charge in [0.15, 0.2) is 11.6 Å². The molecule has 0 aliphatic carbocycles. The minimum Gasteiger partial charge on any atom is -0.494 e. The van der Waals surface area contributed by atoms with Gasteiger partial charge in [0.2, 0.25) is 0 Å². The third kappa shape index (κ3) is 1.76. The van der Waals surface area contributed by atoms with E-state index in [1.807, 2.05) is 0 Å². The molecule has 78 valence electrons. The van der Waals surface area contributed by atoms with Crippen molar-refractivity contribution in [1.29, 1.82) is 0 Å². The molecule has 2 rings (SSSR count). The highest BCUT2D eigenvalue weighted by molar-refractivity contribution is 14.1. The summed E-state index contributed by atoms with van der Waals surface area (Å²) in [6.07, 6.45) is 3.27. The number of hydrogen-bond acceptors (Lipinski definition) is 5. The number of rotatable bonds is 2. The number of nitrogen functional groups attached to an aromatic ring is 1. The number of hydrogen-bond donors (Lipinski definition) is 1. The number of pyridine rings is 1. The zero-order valence-electron chi connectivity index (χ0n) is 7.90. The first-order chi connectivity index (χ1) is 7.24. The van der Waals surface area contributed by atoms with Crippen LogP contribution in [0.15, 0.2) is 23.0 Å². The van der Waals surface area contributed by atoms with E-state index in [9.17, 15) is 0 Å². The summed E-state index contributed by atoms with van der Waals surface area (Å²) >= 11 is 2.08. The third-order valence-corrected chi connectivity index (χ3v) is 2.95. The summed E-state index contributed by atoms with van der Waals surface area (Å²) in [6.45, 7) is 0. The van der Waals surface area contributed by atoms with Gasteiger partial charge in [0.05, 0.1) is 18.9 Å². The molecule has 0 aliphatic heterocycles. The molecule has 0 fully saturated rings. The molecule has 0 atom stereocenters. The van der Waals surface area contributed by atoms with E-state index in [-0.39, 0.29) is 0 Å². The van der Waals surface area contributed by atoms with Crippen molar-refractivity contribution in [1.82, 2.24) is 10.1 Å². The first-order valence-electron chi connectivity index (χ1n) is 4.13. The van der Waals surface area contributed by atoms with Crippen LogP contribution >= 0.6 is 22.6 Å². The molecule has 0 bridgehead atoms. The molecular formula is C9H8IN3O2. The first kappa shape index (κ1) is 10.2. The van der Waals surface area contributed by atoms with Crippen molar-refractivity contribution in [2.45, 2.75) is 0 Å². The molecule has 0 saturated heterocycles. The Balaban J connectivity index is 2.58. The molecule has 0 saturated carbocycles. The van der Waals surface area contributed by atoms with Gasteiger partial charge in [-0.1, -0.05) is 5.16 Å². The van der Waals surface area contributed by atoms with Gasteiger partial charge in [0.25, 0.3) is 0 Å². The van der Waals surface area contributed by atoms with E-state index >= 15 is 0 Å². The summed E-state index contributed by atoms with van der Waals surface area (Å²) in [5.74, 6) is 1.61. The maximum atomic E-state index is 5.60. The van der Waals surface area contributed by atoms with Gasteiger partial charge >= 0.3 is 0 Å². The lowest BCUT2D eigenvalue weighted by molar-refractivity contribution is 0.405. The Morgan fingerprint density at radius 2 is 2.33 bits per heavy atom. The van der Waals surface area contributed by atoms with Crippen LogP contribution in [-0.2, 0) is 0 Å². The molecule has 6 heteroatoms. The Bertz CT molecular complexity index is 484. The molecule has 0 aromatic carbocycles. The minimum atomic E-state index is 0.379. The maximum absolute atomic E-state index is 5.60. The van der Waals surface area contributed by atoms with E-state index in [0.29, 0.717) is 17.3 Å². The monoisotopic (exact) mass is 317 g/mol. The fraction of sp³-hybridized carbons (Fsp3) is 0.111. The van der Waals surface area contributed by atoms with Gasteiger partial charge in [-0.3, -0.25) is 4.98 Å². The van der Waals surface area contributed by atoms with Crippen LogP contribution in [0.5, 0.6) is 5.75 Å². The van der Waals surface area contributed by atoms with Crippen LogP contribution in [-0.4, -0.2) is 17.3 Å². The highest BCUT2D eigenvalue weighted by Crippen LogP contribution is 2.34. The van der Waals surface area contributed by atoms with Crippen molar-refractivity contribution < 1.29 is 9.26 Å². The molecule has 5 nitrogen and oxygen atoms in total. The van der Waals surface area contributed by atoms with Crippen molar-refractivity contribution in [3.8, 4) is 17.1 Å². The van der Waals surface area contributed by atoms with Crippen LogP contribution in [0.25, 0.3) is 11.3 Å². The maximum Gasteiger partial charge on any atom is 0.186 e. The van der Waals surface area contributed by atoms with Crippen LogP contribution < -0.4 is 10.5 Å². The number of nitrogens with two attached hydrogens (primary N) is 1. The molecule has 2 aromatic heterocycles. The topological polar surface area (TPSA) is 74.2 Å². The van der Waals surface area contributed by atoms with E-state index in [1.54, 1.807) is 25.6 Å². The summed E-state index contributed by atoms with van der Waals surface area (Å²) in [7, 11) is 1.58. The SMILES string of the molecule is COc1cnccc1-c1onc(N)c1I. The number of anilines is 1. The van der Waals surface area contributed by atoms with Crippen LogP contribution in [0.4, 0.5) is 5.82 Å². The van der Waals surface area contributed by atoms with Crippen LogP contribution in [0, 0.1) is 3.57 Å². The first-order valence-corrected chi connectivity index (χ1v) is 5.21. The Kier molecular flexibility index (Phi) is 2.76. The van der Waals surface area contributed by atoms with Crippen LogP contribution in [0.2, 0.25) is 0 Å². The molecule has 0 radical (unpaired) electrons. The molecule has 0 unspecified atom stereocenters. The highest BCUT2D eigenvalue weighted by atomic mass is 127. The lowest BCUT2D eigenvalue weighted by atomic mass is 10.2. The Morgan fingerprint density at radius 3 is 2.93 bits per heavy atom. The summed E-state index contributed by atoms with van der Waals surface area (Å²) in [4.78, 5) is 3.96. The van der Waals surface area contributed by atoms with Gasteiger partial charge in [-0.05, 0) is 28.7 Å². The molecule has 0 aliphatic rings. The van der Waals surface area contributed by atoms with Crippen LogP contribution in [0.1, 0.15) is 0 Å². The number of halogens is 1. The van der Waals surface area contributed by atoms with Gasteiger partial charge in [-0.2, -0.15) is 0 Å². The van der Waals surface area contributed by atoms with E-state index in [0.717, 1.165) is 9.13 Å². The summed E-state index contributed by atoms with van der Waals surface area (Å²) in [5.41, 5.74) is 6.39. The zero-order valence-corrected chi connectivity index (χ0v) is 10.1. The molecule has 2 N–H and O–H groups in total. The van der Waals surface area contributed by atoms with E-state index < -0.39 is 0 Å². The summed E-state index contributed by atoms with van der Waals surface area (Å²) in [5, 5.41) is 3.69. The van der Waals surface area contributed by atoms with Crippen molar-refractivity contribution in [3.05, 3.63) is 22.0 Å². The van der Waals surface area contributed by atoms with Crippen molar-refractivity contribution in [3.63, 3.8) is 0 Å². The number of ether oxygens (including phenoxy) is 1. The van der Waals surface area contributed by atoms with Crippen LogP contribution in [0.3, 0.4) is 0 Å². The van der Waals surface area contributed by atoms with Gasteiger partial charge in [0, 0.05) is 6.20 Å². The standard InChI is InChI=1S/C9H8IN3O2/c1-14-6-4-12-3-2-5(6)8-7(10)9(11)13-15-8/h2-4H,1H3,(H2,11,13). The Morgan fingerprint density at radius 1 is 1.53 bits per heavy atom. The fourth-order valence-electron chi connectivity index (χ4n) is 1.19. The van der Waals surface area contributed by atoms with Crippen molar-refractivity contribution in [2.24, 2.45) is 0 Å². The van der Waals surface area contributed by atoms with E-state index in [2.05, 4.69) is 32.7 Å². The zero-order chi connectivity index (χ0) is 10.8. The average molecular weight is 317 g/mol. The van der Waals surface area contributed by atoms with Gasteiger partial charge < -0.3 is 15.0 Å². The second-order valence-electron chi connectivity index (χ2n) is 2.79. The highest BCUT2D eigenvalue weighted by Gasteiger charge is 2.16. The van der Waals surface area contributed by atoms with Gasteiger partial charge in [0.1, 0.15) is 9.32 Å². The molecule has 2 heterocycles. The second kappa shape index (κ2) is 4.05. The Hall–Kier alpha value is -1.31. The molecule has 0 amide bonds.